The molecule has 0 saturated carbocycles. The number of hydrogen-bond acceptors (Lipinski definition) is 4. The molecule has 0 aliphatic carbocycles. The molecule has 5 N–H and O–H groups in total. The van der Waals surface area contributed by atoms with Crippen LogP contribution >= 0.6 is 0 Å². The molecule has 0 radical (unpaired) electrons. The minimum absolute atomic E-state index is 0.0622. The van der Waals surface area contributed by atoms with E-state index in [2.05, 4.69) is 5.32 Å². The second kappa shape index (κ2) is 5.66. The third kappa shape index (κ3) is 3.47. The van der Waals surface area contributed by atoms with Crippen LogP contribution in [0.2, 0.25) is 13.1 Å². The summed E-state index contributed by atoms with van der Waals surface area (Å²) in [4.78, 5) is 11.2. The van der Waals surface area contributed by atoms with Crippen molar-refractivity contribution in [3.8, 4) is 0 Å². The van der Waals surface area contributed by atoms with Gasteiger partial charge in [-0.15, -0.1) is 0 Å². The van der Waals surface area contributed by atoms with Gasteiger partial charge in [0.05, 0.1) is 0 Å². The van der Waals surface area contributed by atoms with E-state index in [9.17, 15) is 9.90 Å². The van der Waals surface area contributed by atoms with E-state index in [4.69, 9.17) is 10.8 Å². The maximum absolute atomic E-state index is 11.2. The van der Waals surface area contributed by atoms with Gasteiger partial charge in [-0.1, -0.05) is 19.7 Å². The molecule has 1 aliphatic heterocycles. The smallest absolute Gasteiger partial charge is 0.323 e. The Balaban J connectivity index is 2.38. The second-order valence-corrected chi connectivity index (χ2v) is 4.83. The first-order chi connectivity index (χ1) is 7.46. The highest BCUT2D eigenvalue weighted by atomic mass is 16.4. The number of rotatable bonds is 6. The van der Waals surface area contributed by atoms with Gasteiger partial charge >= 0.3 is 5.97 Å². The summed E-state index contributed by atoms with van der Waals surface area (Å²) in [5.41, 5.74) is 4.90. The Kier molecular flexibility index (Phi) is 4.77. The monoisotopic (exact) mass is 228 g/mol. The zero-order chi connectivity index (χ0) is 12.2. The highest BCUT2D eigenvalue weighted by Gasteiger charge is 2.43. The fraction of sp³-hybridized carbons (Fsp3) is 0.900. The average molecular weight is 228 g/mol. The highest BCUT2D eigenvalue weighted by molar-refractivity contribution is 6.48. The lowest BCUT2D eigenvalue weighted by molar-refractivity contribution is -0.144. The third-order valence-corrected chi connectivity index (χ3v) is 3.20. The quantitative estimate of drug-likeness (QED) is 0.376. The van der Waals surface area contributed by atoms with Crippen LogP contribution in [0.5, 0.6) is 0 Å². The predicted octanol–water partition coefficient (Wildman–Crippen LogP) is -0.0857. The van der Waals surface area contributed by atoms with Crippen LogP contribution in [0.1, 0.15) is 25.7 Å². The summed E-state index contributed by atoms with van der Waals surface area (Å²) in [5.74, 6) is -0.808. The molecule has 0 bridgehead atoms. The average Bonchev–Trinajstić information content (AvgIpc) is 2.56. The van der Waals surface area contributed by atoms with E-state index in [0.29, 0.717) is 19.4 Å². The SMILES string of the molecule is CB(O)CCCC[C@]1(C(=O)O)C[C@@H](N)CN1. The maximum Gasteiger partial charge on any atom is 0.323 e. The van der Waals surface area contributed by atoms with Crippen molar-refractivity contribution >= 4 is 12.9 Å². The molecule has 1 fully saturated rings. The first-order valence-electron chi connectivity index (χ1n) is 5.88. The molecule has 5 nitrogen and oxygen atoms in total. The number of carbonyl (C=O) groups is 1. The maximum atomic E-state index is 11.2. The summed E-state index contributed by atoms with van der Waals surface area (Å²) in [7, 11) is 0. The highest BCUT2D eigenvalue weighted by Crippen LogP contribution is 2.25. The zero-order valence-corrected chi connectivity index (χ0v) is 9.78. The molecule has 0 aromatic heterocycles. The van der Waals surface area contributed by atoms with Gasteiger partial charge in [0.15, 0.2) is 0 Å². The van der Waals surface area contributed by atoms with Crippen molar-refractivity contribution in [2.75, 3.05) is 6.54 Å². The van der Waals surface area contributed by atoms with E-state index in [1.54, 1.807) is 6.82 Å². The Labute approximate surface area is 96.5 Å². The number of nitrogens with one attached hydrogen (secondary N) is 1. The fourth-order valence-electron chi connectivity index (χ4n) is 2.25. The third-order valence-electron chi connectivity index (χ3n) is 3.20. The first kappa shape index (κ1) is 13.5. The summed E-state index contributed by atoms with van der Waals surface area (Å²) in [5, 5.41) is 21.4. The van der Waals surface area contributed by atoms with Crippen molar-refractivity contribution in [1.29, 1.82) is 0 Å². The van der Waals surface area contributed by atoms with Gasteiger partial charge in [-0.25, -0.2) is 0 Å². The lowest BCUT2D eigenvalue weighted by Gasteiger charge is -2.24. The second-order valence-electron chi connectivity index (χ2n) is 4.83. The summed E-state index contributed by atoms with van der Waals surface area (Å²) in [6, 6.07) is -0.0622. The van der Waals surface area contributed by atoms with E-state index in [1.807, 2.05) is 0 Å². The largest absolute Gasteiger partial charge is 0.480 e. The van der Waals surface area contributed by atoms with Gasteiger partial charge < -0.3 is 21.2 Å². The van der Waals surface area contributed by atoms with Crippen LogP contribution in [0.3, 0.4) is 0 Å². The van der Waals surface area contributed by atoms with E-state index < -0.39 is 11.5 Å². The lowest BCUT2D eigenvalue weighted by atomic mass is 9.66. The first-order valence-corrected chi connectivity index (χ1v) is 5.88. The van der Waals surface area contributed by atoms with Gasteiger partial charge in [0.1, 0.15) is 5.54 Å². The molecule has 1 heterocycles. The zero-order valence-electron chi connectivity index (χ0n) is 9.78. The number of carboxylic acids is 1. The van der Waals surface area contributed by atoms with Gasteiger partial charge in [-0.3, -0.25) is 4.79 Å². The van der Waals surface area contributed by atoms with Crippen molar-refractivity contribution in [1.82, 2.24) is 5.32 Å². The summed E-state index contributed by atoms with van der Waals surface area (Å²) < 4.78 is 0. The van der Waals surface area contributed by atoms with Gasteiger partial charge in [-0.05, 0) is 19.2 Å². The van der Waals surface area contributed by atoms with Crippen LogP contribution < -0.4 is 11.1 Å². The predicted molar refractivity (Wildman–Crippen MR) is 63.5 cm³/mol. The number of aliphatic carboxylic acids is 1. The number of hydrogen-bond donors (Lipinski definition) is 4. The molecule has 1 saturated heterocycles. The molecule has 0 spiro atoms. The molecule has 0 amide bonds. The van der Waals surface area contributed by atoms with Gasteiger partial charge in [0, 0.05) is 12.6 Å². The van der Waals surface area contributed by atoms with Gasteiger partial charge in [0.25, 0.3) is 6.92 Å². The Hall–Kier alpha value is -0.585. The molecule has 1 rings (SSSR count). The summed E-state index contributed by atoms with van der Waals surface area (Å²) in [6.45, 7) is 2.01. The van der Waals surface area contributed by atoms with Crippen LogP contribution in [0.25, 0.3) is 0 Å². The number of unbranched alkanes of at least 4 members (excludes halogenated alkanes) is 1. The van der Waals surface area contributed by atoms with E-state index >= 15 is 0 Å². The number of nitrogens with two attached hydrogens (primary N) is 1. The molecule has 0 unspecified atom stereocenters. The van der Waals surface area contributed by atoms with Crippen molar-refractivity contribution in [3.63, 3.8) is 0 Å². The summed E-state index contributed by atoms with van der Waals surface area (Å²) in [6.07, 6.45) is 3.46. The van der Waals surface area contributed by atoms with Crippen molar-refractivity contribution in [2.24, 2.45) is 5.73 Å². The van der Waals surface area contributed by atoms with Gasteiger partial charge in [0.2, 0.25) is 0 Å². The standard InChI is InChI=1S/C10H21BN2O3/c1-11(16)5-3-2-4-10(9(14)15)6-8(12)7-13-10/h8,13,16H,2-7,12H2,1H3,(H,14,15)/t8-,10-/m1/s1. The summed E-state index contributed by atoms with van der Waals surface area (Å²) >= 11 is 0. The van der Waals surface area contributed by atoms with Crippen molar-refractivity contribution < 1.29 is 14.9 Å². The number of carboxylic acid groups (broad SMARTS) is 1. The van der Waals surface area contributed by atoms with Crippen LogP contribution in [-0.2, 0) is 4.79 Å². The molecule has 0 aromatic carbocycles. The molecule has 6 heteroatoms. The van der Waals surface area contributed by atoms with Crippen molar-refractivity contribution in [3.05, 3.63) is 0 Å². The normalized spacial score (nSPS) is 29.3. The minimum Gasteiger partial charge on any atom is -0.480 e. The van der Waals surface area contributed by atoms with E-state index in [-0.39, 0.29) is 13.0 Å². The Bertz CT molecular complexity index is 250. The fourth-order valence-corrected chi connectivity index (χ4v) is 2.25. The Morgan fingerprint density at radius 1 is 1.62 bits per heavy atom. The van der Waals surface area contributed by atoms with Gasteiger partial charge in [-0.2, -0.15) is 0 Å². The van der Waals surface area contributed by atoms with E-state index in [0.717, 1.165) is 19.2 Å². The molecule has 1 aliphatic rings. The topological polar surface area (TPSA) is 95.6 Å². The van der Waals surface area contributed by atoms with Crippen LogP contribution in [-0.4, -0.2) is 41.1 Å². The van der Waals surface area contributed by atoms with Crippen molar-refractivity contribution in [2.45, 2.75) is 50.4 Å². The van der Waals surface area contributed by atoms with Crippen LogP contribution in [0, 0.1) is 0 Å². The molecular weight excluding hydrogens is 207 g/mol. The molecule has 0 aromatic rings. The lowest BCUT2D eigenvalue weighted by Crippen LogP contribution is -2.47. The van der Waals surface area contributed by atoms with Crippen LogP contribution in [0.15, 0.2) is 0 Å². The Morgan fingerprint density at radius 3 is 2.75 bits per heavy atom. The van der Waals surface area contributed by atoms with E-state index in [1.165, 1.54) is 0 Å². The minimum atomic E-state index is -0.835. The molecule has 92 valence electrons. The molecule has 16 heavy (non-hydrogen) atoms. The Morgan fingerprint density at radius 2 is 2.31 bits per heavy atom. The molecular formula is C10H21BN2O3. The van der Waals surface area contributed by atoms with Crippen LogP contribution in [0.4, 0.5) is 0 Å². The molecule has 2 atom stereocenters.